The minimum Gasteiger partial charge on any atom is -0.377 e. The molecule has 0 radical (unpaired) electrons. The van der Waals surface area contributed by atoms with Gasteiger partial charge in [0.25, 0.3) is 0 Å². The number of rotatable bonds is 9. The van der Waals surface area contributed by atoms with Crippen molar-refractivity contribution in [1.82, 2.24) is 15.1 Å². The van der Waals surface area contributed by atoms with Crippen LogP contribution in [0.2, 0.25) is 0 Å². The minimum atomic E-state index is -0.554. The summed E-state index contributed by atoms with van der Waals surface area (Å²) in [6, 6.07) is 6.44. The molecule has 8 nitrogen and oxygen atoms in total. The molecule has 2 heterocycles. The molecule has 1 aromatic carbocycles. The minimum absolute atomic E-state index is 0.0397. The van der Waals surface area contributed by atoms with E-state index in [0.717, 1.165) is 63.7 Å². The molecule has 3 atom stereocenters. The molecule has 4 rings (SSSR count). The first-order chi connectivity index (χ1) is 17.4. The summed E-state index contributed by atoms with van der Waals surface area (Å²) in [5.41, 5.74) is 7.06. The quantitative estimate of drug-likeness (QED) is 0.535. The van der Waals surface area contributed by atoms with Gasteiger partial charge in [-0.1, -0.05) is 12.1 Å². The first-order valence-electron chi connectivity index (χ1n) is 13.4. The molecule has 2 amide bonds. The van der Waals surface area contributed by atoms with Crippen LogP contribution >= 0.6 is 0 Å². The highest BCUT2D eigenvalue weighted by molar-refractivity contribution is 5.88. The molecule has 0 aromatic heterocycles. The molecule has 9 heteroatoms. The summed E-state index contributed by atoms with van der Waals surface area (Å²) in [5, 5.41) is 3.21. The van der Waals surface area contributed by atoms with Crippen LogP contribution in [-0.4, -0.2) is 85.3 Å². The lowest BCUT2D eigenvalue weighted by atomic mass is 9.90. The van der Waals surface area contributed by atoms with E-state index in [0.29, 0.717) is 19.5 Å². The Morgan fingerprint density at radius 1 is 1.17 bits per heavy atom. The highest BCUT2D eigenvalue weighted by Gasteiger charge is 2.39. The predicted octanol–water partition coefficient (Wildman–Crippen LogP) is 2.20. The number of carbonyl (C=O) groups is 2. The monoisotopic (exact) mass is 504 g/mol. The van der Waals surface area contributed by atoms with Crippen LogP contribution in [0.15, 0.2) is 24.3 Å². The van der Waals surface area contributed by atoms with E-state index in [1.807, 2.05) is 12.1 Å². The summed E-state index contributed by atoms with van der Waals surface area (Å²) in [6.07, 6.45) is 7.04. The number of amides is 2. The van der Waals surface area contributed by atoms with Gasteiger partial charge in [0.05, 0.1) is 6.10 Å². The Labute approximate surface area is 213 Å². The third-order valence-corrected chi connectivity index (χ3v) is 7.86. The number of nitrogens with zero attached hydrogens (tertiary/aromatic N) is 2. The van der Waals surface area contributed by atoms with Crippen LogP contribution in [0.4, 0.5) is 4.39 Å². The molecule has 2 saturated heterocycles. The summed E-state index contributed by atoms with van der Waals surface area (Å²) >= 11 is 0. The van der Waals surface area contributed by atoms with Crippen LogP contribution in [-0.2, 0) is 25.6 Å². The highest BCUT2D eigenvalue weighted by Crippen LogP contribution is 2.27. The molecule has 36 heavy (non-hydrogen) atoms. The Bertz CT molecular complexity index is 856. The molecule has 3 aliphatic rings. The molecule has 3 fully saturated rings. The van der Waals surface area contributed by atoms with Crippen molar-refractivity contribution in [2.45, 2.75) is 88.2 Å². The van der Waals surface area contributed by atoms with Crippen LogP contribution in [0, 0.1) is 5.82 Å². The number of likely N-dealkylation sites (tertiary alicyclic amines) is 1. The van der Waals surface area contributed by atoms with E-state index < -0.39 is 6.04 Å². The standard InChI is InChI=1S/C27H41FN4O4/c1-35-18-26(33)32-13-12-23(15-25(32)27(34)30-22-10-8-21(29)9-11-22)31(17-24-3-2-14-36-24)16-19-4-6-20(28)7-5-19/h4-7,21-25H,2-3,8-18,29H2,1H3,(H,30,34)/t21?,22?,23?,24?,25-/m1/s1. The van der Waals surface area contributed by atoms with Gasteiger partial charge in [0, 0.05) is 51.5 Å². The second-order valence-corrected chi connectivity index (χ2v) is 10.5. The fraction of sp³-hybridized carbons (Fsp3) is 0.704. The van der Waals surface area contributed by atoms with E-state index in [4.69, 9.17) is 15.2 Å². The molecule has 2 aliphatic heterocycles. The van der Waals surface area contributed by atoms with Crippen LogP contribution in [0.25, 0.3) is 0 Å². The lowest BCUT2D eigenvalue weighted by Gasteiger charge is -2.44. The van der Waals surface area contributed by atoms with E-state index in [-0.39, 0.29) is 48.5 Å². The molecular formula is C27H41FN4O4. The molecule has 0 bridgehead atoms. The summed E-state index contributed by atoms with van der Waals surface area (Å²) in [5.74, 6) is -0.510. The van der Waals surface area contributed by atoms with Crippen LogP contribution in [0.3, 0.4) is 0 Å². The van der Waals surface area contributed by atoms with Crippen LogP contribution < -0.4 is 11.1 Å². The number of methoxy groups -OCH3 is 1. The number of ether oxygens (including phenoxy) is 2. The Balaban J connectivity index is 1.49. The van der Waals surface area contributed by atoms with Crippen molar-refractivity contribution in [2.24, 2.45) is 5.73 Å². The third-order valence-electron chi connectivity index (χ3n) is 7.86. The van der Waals surface area contributed by atoms with Crippen molar-refractivity contribution < 1.29 is 23.5 Å². The number of nitrogens with two attached hydrogens (primary N) is 1. The maximum Gasteiger partial charge on any atom is 0.249 e. The van der Waals surface area contributed by atoms with Gasteiger partial charge in [0.2, 0.25) is 11.8 Å². The van der Waals surface area contributed by atoms with Gasteiger partial charge in [-0.2, -0.15) is 0 Å². The van der Waals surface area contributed by atoms with Gasteiger partial charge < -0.3 is 25.4 Å². The Morgan fingerprint density at radius 2 is 1.92 bits per heavy atom. The normalized spacial score (nSPS) is 28.9. The van der Waals surface area contributed by atoms with Gasteiger partial charge in [-0.25, -0.2) is 4.39 Å². The third kappa shape index (κ3) is 7.25. The average molecular weight is 505 g/mol. The fourth-order valence-electron chi connectivity index (χ4n) is 5.81. The predicted molar refractivity (Wildman–Crippen MR) is 135 cm³/mol. The van der Waals surface area contributed by atoms with Gasteiger partial charge in [-0.05, 0) is 69.1 Å². The van der Waals surface area contributed by atoms with E-state index in [9.17, 15) is 14.0 Å². The van der Waals surface area contributed by atoms with Gasteiger partial charge in [0.15, 0.2) is 0 Å². The average Bonchev–Trinajstić information content (AvgIpc) is 3.39. The molecule has 2 unspecified atom stereocenters. The van der Waals surface area contributed by atoms with Gasteiger partial charge in [-0.3, -0.25) is 14.5 Å². The highest BCUT2D eigenvalue weighted by atomic mass is 19.1. The summed E-state index contributed by atoms with van der Waals surface area (Å²) in [4.78, 5) is 30.4. The Kier molecular flexibility index (Phi) is 9.70. The van der Waals surface area contributed by atoms with E-state index in [2.05, 4.69) is 10.2 Å². The SMILES string of the molecule is COCC(=O)N1CCC(N(Cc2ccc(F)cc2)CC2CCCO2)C[C@@H]1C(=O)NC1CCC(N)CC1. The number of benzene rings is 1. The smallest absolute Gasteiger partial charge is 0.249 e. The molecule has 200 valence electrons. The first-order valence-corrected chi connectivity index (χ1v) is 13.4. The zero-order chi connectivity index (χ0) is 25.5. The van der Waals surface area contributed by atoms with Crippen LogP contribution in [0.5, 0.6) is 0 Å². The van der Waals surface area contributed by atoms with E-state index in [1.54, 1.807) is 4.90 Å². The van der Waals surface area contributed by atoms with Crippen molar-refractivity contribution in [3.8, 4) is 0 Å². The van der Waals surface area contributed by atoms with Gasteiger partial charge >= 0.3 is 0 Å². The van der Waals surface area contributed by atoms with Crippen molar-refractivity contribution in [2.75, 3.05) is 33.4 Å². The van der Waals surface area contributed by atoms with Crippen molar-refractivity contribution in [3.05, 3.63) is 35.6 Å². The molecule has 1 aromatic rings. The number of halogens is 1. The van der Waals surface area contributed by atoms with Gasteiger partial charge in [-0.15, -0.1) is 0 Å². The first kappa shape index (κ1) is 27.0. The van der Waals surface area contributed by atoms with E-state index >= 15 is 0 Å². The second kappa shape index (κ2) is 12.9. The number of nitrogens with one attached hydrogen (secondary N) is 1. The maximum absolute atomic E-state index is 13.5. The lowest BCUT2D eigenvalue weighted by Crippen LogP contribution is -2.59. The fourth-order valence-corrected chi connectivity index (χ4v) is 5.81. The Morgan fingerprint density at radius 3 is 2.58 bits per heavy atom. The zero-order valence-electron chi connectivity index (χ0n) is 21.4. The summed E-state index contributed by atoms with van der Waals surface area (Å²) in [7, 11) is 1.50. The number of piperidine rings is 1. The lowest BCUT2D eigenvalue weighted by molar-refractivity contribution is -0.147. The number of carbonyl (C=O) groups excluding carboxylic acids is 2. The second-order valence-electron chi connectivity index (χ2n) is 10.5. The topological polar surface area (TPSA) is 97.1 Å². The molecular weight excluding hydrogens is 463 g/mol. The van der Waals surface area contributed by atoms with Crippen molar-refractivity contribution in [3.63, 3.8) is 0 Å². The number of hydrogen-bond acceptors (Lipinski definition) is 6. The molecule has 3 N–H and O–H groups in total. The van der Waals surface area contributed by atoms with Crippen molar-refractivity contribution in [1.29, 1.82) is 0 Å². The van der Waals surface area contributed by atoms with E-state index in [1.165, 1.54) is 19.2 Å². The van der Waals surface area contributed by atoms with Crippen molar-refractivity contribution >= 4 is 11.8 Å². The zero-order valence-corrected chi connectivity index (χ0v) is 21.4. The molecule has 0 spiro atoms. The number of hydrogen-bond donors (Lipinski definition) is 2. The van der Waals surface area contributed by atoms with Gasteiger partial charge in [0.1, 0.15) is 18.5 Å². The largest absolute Gasteiger partial charge is 0.377 e. The summed E-state index contributed by atoms with van der Waals surface area (Å²) in [6.45, 7) is 2.62. The van der Waals surface area contributed by atoms with Crippen LogP contribution in [0.1, 0.15) is 56.9 Å². The summed E-state index contributed by atoms with van der Waals surface area (Å²) < 4.78 is 24.5. The Hall–Kier alpha value is -2.07. The maximum atomic E-state index is 13.5. The molecule has 1 aliphatic carbocycles. The molecule has 1 saturated carbocycles.